The molecular weight excluding hydrogens is 324 g/mol. The van der Waals surface area contributed by atoms with Crippen molar-refractivity contribution in [1.82, 2.24) is 20.1 Å². The average Bonchev–Trinajstić information content (AvgIpc) is 2.93. The zero-order chi connectivity index (χ0) is 17.7. The van der Waals surface area contributed by atoms with E-state index < -0.39 is 0 Å². The summed E-state index contributed by atoms with van der Waals surface area (Å²) in [6.07, 6.45) is 0. The van der Waals surface area contributed by atoms with E-state index in [0.717, 1.165) is 11.3 Å². The summed E-state index contributed by atoms with van der Waals surface area (Å²) in [6, 6.07) is 7.67. The first-order chi connectivity index (χ1) is 11.4. The van der Waals surface area contributed by atoms with Crippen molar-refractivity contribution < 1.29 is 9.53 Å². The number of carbonyl (C=O) groups is 1. The van der Waals surface area contributed by atoms with Crippen LogP contribution in [0.1, 0.15) is 20.8 Å². The quantitative estimate of drug-likeness (QED) is 0.779. The number of thioether (sulfide) groups is 1. The van der Waals surface area contributed by atoms with Crippen LogP contribution in [0.15, 0.2) is 29.4 Å². The number of para-hydroxylation sites is 1. The highest BCUT2D eigenvalue weighted by atomic mass is 32.2. The average molecular weight is 348 g/mol. The number of rotatable bonds is 7. The molecule has 1 N–H and O–H groups in total. The van der Waals surface area contributed by atoms with E-state index in [9.17, 15) is 4.79 Å². The molecule has 1 aromatic carbocycles. The van der Waals surface area contributed by atoms with Gasteiger partial charge in [-0.05, 0) is 25.0 Å². The van der Waals surface area contributed by atoms with Gasteiger partial charge >= 0.3 is 0 Å². The Kier molecular flexibility index (Phi) is 6.25. The van der Waals surface area contributed by atoms with Crippen LogP contribution in [-0.4, -0.2) is 39.6 Å². The summed E-state index contributed by atoms with van der Waals surface area (Å²) < 4.78 is 7.27. The van der Waals surface area contributed by atoms with Gasteiger partial charge in [0.25, 0.3) is 0 Å². The molecule has 1 atom stereocenters. The SMILES string of the molecule is COc1ccccc1-c1nnc(S[C@@H](C)C(=O)NCC(C)C)n1C. The highest BCUT2D eigenvalue weighted by molar-refractivity contribution is 8.00. The molecule has 24 heavy (non-hydrogen) atoms. The van der Waals surface area contributed by atoms with E-state index in [1.54, 1.807) is 7.11 Å². The Morgan fingerprint density at radius 1 is 1.29 bits per heavy atom. The van der Waals surface area contributed by atoms with E-state index in [-0.39, 0.29) is 11.2 Å². The second-order valence-corrected chi connectivity index (χ2v) is 7.27. The molecule has 0 radical (unpaired) electrons. The highest BCUT2D eigenvalue weighted by Crippen LogP contribution is 2.31. The molecule has 0 saturated carbocycles. The molecule has 1 aromatic heterocycles. The van der Waals surface area contributed by atoms with Crippen LogP contribution < -0.4 is 10.1 Å². The highest BCUT2D eigenvalue weighted by Gasteiger charge is 2.20. The summed E-state index contributed by atoms with van der Waals surface area (Å²) >= 11 is 1.40. The van der Waals surface area contributed by atoms with Gasteiger partial charge in [-0.25, -0.2) is 0 Å². The molecule has 0 fully saturated rings. The summed E-state index contributed by atoms with van der Waals surface area (Å²) in [5.41, 5.74) is 0.874. The molecule has 130 valence electrons. The molecule has 1 amide bonds. The number of carbonyl (C=O) groups excluding carboxylic acids is 1. The molecule has 0 saturated heterocycles. The minimum Gasteiger partial charge on any atom is -0.496 e. The number of benzene rings is 1. The third kappa shape index (κ3) is 4.29. The molecule has 0 aliphatic heterocycles. The zero-order valence-corrected chi connectivity index (χ0v) is 15.6. The van der Waals surface area contributed by atoms with Crippen LogP contribution in [-0.2, 0) is 11.8 Å². The first-order valence-corrected chi connectivity index (χ1v) is 8.79. The van der Waals surface area contributed by atoms with Gasteiger partial charge in [-0.1, -0.05) is 37.7 Å². The summed E-state index contributed by atoms with van der Waals surface area (Å²) in [5.74, 6) is 1.89. The number of hydrogen-bond acceptors (Lipinski definition) is 5. The monoisotopic (exact) mass is 348 g/mol. The van der Waals surface area contributed by atoms with Gasteiger partial charge in [0.1, 0.15) is 5.75 Å². The third-order valence-corrected chi connectivity index (χ3v) is 4.65. The van der Waals surface area contributed by atoms with Crippen molar-refractivity contribution in [2.75, 3.05) is 13.7 Å². The number of hydrogen-bond donors (Lipinski definition) is 1. The normalized spacial score (nSPS) is 12.2. The Hall–Kier alpha value is -2.02. The second-order valence-electron chi connectivity index (χ2n) is 5.96. The lowest BCUT2D eigenvalue weighted by Gasteiger charge is -2.13. The van der Waals surface area contributed by atoms with Crippen LogP contribution in [0.5, 0.6) is 5.75 Å². The van der Waals surface area contributed by atoms with E-state index in [4.69, 9.17) is 4.74 Å². The van der Waals surface area contributed by atoms with Gasteiger partial charge in [-0.3, -0.25) is 4.79 Å². The maximum absolute atomic E-state index is 12.1. The van der Waals surface area contributed by atoms with E-state index in [1.165, 1.54) is 11.8 Å². The van der Waals surface area contributed by atoms with Gasteiger partial charge in [-0.2, -0.15) is 0 Å². The van der Waals surface area contributed by atoms with Crippen molar-refractivity contribution in [2.45, 2.75) is 31.2 Å². The van der Waals surface area contributed by atoms with Crippen LogP contribution in [0.3, 0.4) is 0 Å². The fourth-order valence-electron chi connectivity index (χ4n) is 2.14. The zero-order valence-electron chi connectivity index (χ0n) is 14.7. The van der Waals surface area contributed by atoms with Crippen LogP contribution in [0.25, 0.3) is 11.4 Å². The maximum atomic E-state index is 12.1. The van der Waals surface area contributed by atoms with E-state index >= 15 is 0 Å². The molecule has 7 heteroatoms. The molecule has 2 aromatic rings. The molecule has 0 unspecified atom stereocenters. The van der Waals surface area contributed by atoms with Gasteiger partial charge in [0.15, 0.2) is 11.0 Å². The molecule has 1 heterocycles. The van der Waals surface area contributed by atoms with Gasteiger partial charge < -0.3 is 14.6 Å². The Labute approximate surface area is 147 Å². The van der Waals surface area contributed by atoms with Gasteiger partial charge in [0.05, 0.1) is 17.9 Å². The van der Waals surface area contributed by atoms with E-state index in [0.29, 0.717) is 23.4 Å². The van der Waals surface area contributed by atoms with Crippen molar-refractivity contribution in [1.29, 1.82) is 0 Å². The number of methoxy groups -OCH3 is 1. The van der Waals surface area contributed by atoms with Crippen molar-refractivity contribution in [2.24, 2.45) is 13.0 Å². The number of amides is 1. The van der Waals surface area contributed by atoms with E-state index in [2.05, 4.69) is 29.4 Å². The standard InChI is InChI=1S/C17H24N4O2S/c1-11(2)10-18-16(22)12(3)24-17-20-19-15(21(17)4)13-8-6-7-9-14(13)23-5/h6-9,11-12H,10H2,1-5H3,(H,18,22)/t12-/m0/s1. The molecule has 6 nitrogen and oxygen atoms in total. The minimum absolute atomic E-state index is 0.00976. The van der Waals surface area contributed by atoms with Gasteiger partial charge in [0, 0.05) is 13.6 Å². The van der Waals surface area contributed by atoms with E-state index in [1.807, 2.05) is 42.8 Å². The minimum atomic E-state index is -0.239. The summed E-state index contributed by atoms with van der Waals surface area (Å²) in [5, 5.41) is 11.9. The lowest BCUT2D eigenvalue weighted by molar-refractivity contribution is -0.120. The lowest BCUT2D eigenvalue weighted by atomic mass is 10.2. The molecule has 0 aliphatic carbocycles. The van der Waals surface area contributed by atoms with Crippen molar-refractivity contribution >= 4 is 17.7 Å². The van der Waals surface area contributed by atoms with Gasteiger partial charge in [-0.15, -0.1) is 10.2 Å². The number of nitrogens with zero attached hydrogens (tertiary/aromatic N) is 3. The summed E-state index contributed by atoms with van der Waals surface area (Å²) in [7, 11) is 3.52. The van der Waals surface area contributed by atoms with Gasteiger partial charge in [0.2, 0.25) is 5.91 Å². The Balaban J connectivity index is 2.14. The Morgan fingerprint density at radius 3 is 2.67 bits per heavy atom. The van der Waals surface area contributed by atoms with Crippen molar-refractivity contribution in [3.63, 3.8) is 0 Å². The molecule has 0 bridgehead atoms. The fraction of sp³-hybridized carbons (Fsp3) is 0.471. The Morgan fingerprint density at radius 2 is 2.00 bits per heavy atom. The topological polar surface area (TPSA) is 69.0 Å². The lowest BCUT2D eigenvalue weighted by Crippen LogP contribution is -2.33. The van der Waals surface area contributed by atoms with Crippen LogP contribution in [0.4, 0.5) is 0 Å². The molecule has 2 rings (SSSR count). The second kappa shape index (κ2) is 8.19. The number of nitrogens with one attached hydrogen (secondary N) is 1. The Bertz CT molecular complexity index is 700. The number of aromatic nitrogens is 3. The maximum Gasteiger partial charge on any atom is 0.233 e. The number of ether oxygens (including phenoxy) is 1. The summed E-state index contributed by atoms with van der Waals surface area (Å²) in [6.45, 7) is 6.69. The van der Waals surface area contributed by atoms with Crippen molar-refractivity contribution in [3.8, 4) is 17.1 Å². The first kappa shape index (κ1) is 18.3. The first-order valence-electron chi connectivity index (χ1n) is 7.91. The summed E-state index contributed by atoms with van der Waals surface area (Å²) in [4.78, 5) is 12.1. The molecular formula is C17H24N4O2S. The predicted molar refractivity (Wildman–Crippen MR) is 96.2 cm³/mol. The third-order valence-electron chi connectivity index (χ3n) is 3.52. The van der Waals surface area contributed by atoms with Crippen LogP contribution >= 0.6 is 11.8 Å². The predicted octanol–water partition coefficient (Wildman–Crippen LogP) is 2.74. The largest absolute Gasteiger partial charge is 0.496 e. The smallest absolute Gasteiger partial charge is 0.233 e. The van der Waals surface area contributed by atoms with Crippen LogP contribution in [0, 0.1) is 5.92 Å². The molecule has 0 spiro atoms. The fourth-order valence-corrected chi connectivity index (χ4v) is 2.98. The molecule has 0 aliphatic rings. The van der Waals surface area contributed by atoms with Crippen LogP contribution in [0.2, 0.25) is 0 Å². The van der Waals surface area contributed by atoms with Crippen molar-refractivity contribution in [3.05, 3.63) is 24.3 Å².